The van der Waals surface area contributed by atoms with Crippen LogP contribution in [0.25, 0.3) is 0 Å². The number of nitrogens with zero attached hydrogens (tertiary/aromatic N) is 2. The van der Waals surface area contributed by atoms with Gasteiger partial charge in [0.25, 0.3) is 0 Å². The Labute approximate surface area is 149 Å². The predicted molar refractivity (Wildman–Crippen MR) is 91.9 cm³/mol. The van der Waals surface area contributed by atoms with Crippen LogP contribution in [0.2, 0.25) is 0 Å². The van der Waals surface area contributed by atoms with Gasteiger partial charge in [0.05, 0.1) is 12.5 Å². The monoisotopic (exact) mass is 350 g/mol. The number of carbonyl (C=O) groups is 2. The second-order valence-corrected chi connectivity index (χ2v) is 9.46. The molecule has 2 aliphatic heterocycles. The summed E-state index contributed by atoms with van der Waals surface area (Å²) >= 11 is 0. The highest BCUT2D eigenvalue weighted by atomic mass is 16.6. The Bertz CT molecular complexity index is 558. The lowest BCUT2D eigenvalue weighted by Gasteiger charge is -2.60. The van der Waals surface area contributed by atoms with E-state index in [0.717, 1.165) is 26.2 Å². The van der Waals surface area contributed by atoms with Crippen molar-refractivity contribution in [3.05, 3.63) is 0 Å². The Hall–Kier alpha value is -1.30. The van der Waals surface area contributed by atoms with E-state index in [9.17, 15) is 9.59 Å². The molecule has 0 aromatic carbocycles. The molecule has 2 saturated carbocycles. The number of piperidine rings is 1. The van der Waals surface area contributed by atoms with E-state index in [0.29, 0.717) is 29.9 Å². The SMILES string of the molecule is CCOC(=O)C1C2CN(C3CC4(C3)CN(C(=O)OC(C)(C)C)C4)CC21. The van der Waals surface area contributed by atoms with Gasteiger partial charge < -0.3 is 14.4 Å². The van der Waals surface area contributed by atoms with E-state index in [-0.39, 0.29) is 18.0 Å². The number of hydrogen-bond acceptors (Lipinski definition) is 5. The molecular weight excluding hydrogens is 320 g/mol. The van der Waals surface area contributed by atoms with Crippen molar-refractivity contribution in [2.75, 3.05) is 32.8 Å². The van der Waals surface area contributed by atoms with Crippen LogP contribution in [0.4, 0.5) is 4.79 Å². The van der Waals surface area contributed by atoms with E-state index in [1.165, 1.54) is 12.8 Å². The summed E-state index contributed by atoms with van der Waals surface area (Å²) in [7, 11) is 0. The molecule has 0 radical (unpaired) electrons. The third-order valence-electron chi connectivity index (χ3n) is 6.34. The first-order valence-corrected chi connectivity index (χ1v) is 9.60. The molecule has 1 amide bonds. The normalized spacial score (nSPS) is 33.4. The minimum absolute atomic E-state index is 0.00854. The molecule has 2 saturated heterocycles. The number of carbonyl (C=O) groups excluding carboxylic acids is 2. The van der Waals surface area contributed by atoms with Crippen LogP contribution in [0.15, 0.2) is 0 Å². The van der Waals surface area contributed by atoms with E-state index in [2.05, 4.69) is 4.90 Å². The third kappa shape index (κ3) is 3.03. The van der Waals surface area contributed by atoms with Gasteiger partial charge in [-0.15, -0.1) is 0 Å². The van der Waals surface area contributed by atoms with Crippen molar-refractivity contribution in [2.24, 2.45) is 23.2 Å². The lowest BCUT2D eigenvalue weighted by Crippen LogP contribution is -2.67. The first-order chi connectivity index (χ1) is 11.7. The van der Waals surface area contributed by atoms with Gasteiger partial charge in [0.1, 0.15) is 5.60 Å². The Kier molecular flexibility index (Phi) is 3.84. The van der Waals surface area contributed by atoms with Crippen LogP contribution >= 0.6 is 0 Å². The van der Waals surface area contributed by atoms with E-state index in [4.69, 9.17) is 9.47 Å². The zero-order valence-corrected chi connectivity index (χ0v) is 15.8. The average Bonchev–Trinajstić information content (AvgIpc) is 2.90. The van der Waals surface area contributed by atoms with Crippen LogP contribution in [-0.2, 0) is 14.3 Å². The molecule has 25 heavy (non-hydrogen) atoms. The first kappa shape index (κ1) is 17.1. The third-order valence-corrected chi connectivity index (χ3v) is 6.34. The summed E-state index contributed by atoms with van der Waals surface area (Å²) < 4.78 is 10.6. The van der Waals surface area contributed by atoms with Gasteiger partial charge in [0, 0.05) is 37.6 Å². The van der Waals surface area contributed by atoms with Gasteiger partial charge in [-0.25, -0.2) is 4.79 Å². The summed E-state index contributed by atoms with van der Waals surface area (Å²) in [6, 6.07) is 0.636. The lowest BCUT2D eigenvalue weighted by atomic mass is 9.60. The molecule has 6 nitrogen and oxygen atoms in total. The molecule has 2 aliphatic carbocycles. The van der Waals surface area contributed by atoms with Crippen molar-refractivity contribution in [1.29, 1.82) is 0 Å². The van der Waals surface area contributed by atoms with Crippen molar-refractivity contribution in [3.8, 4) is 0 Å². The number of hydrogen-bond donors (Lipinski definition) is 0. The minimum atomic E-state index is -0.423. The molecule has 0 N–H and O–H groups in total. The lowest BCUT2D eigenvalue weighted by molar-refractivity contribution is -0.146. The number of amides is 1. The average molecular weight is 350 g/mol. The quantitative estimate of drug-likeness (QED) is 0.730. The molecule has 2 atom stereocenters. The van der Waals surface area contributed by atoms with Crippen molar-refractivity contribution < 1.29 is 19.1 Å². The fraction of sp³-hybridized carbons (Fsp3) is 0.895. The zero-order valence-electron chi connectivity index (χ0n) is 15.8. The van der Waals surface area contributed by atoms with Crippen LogP contribution in [0.1, 0.15) is 40.5 Å². The maximum atomic E-state index is 12.1. The van der Waals surface area contributed by atoms with Crippen molar-refractivity contribution in [2.45, 2.75) is 52.2 Å². The summed E-state index contributed by atoms with van der Waals surface area (Å²) in [5.41, 5.74) is -0.0943. The molecule has 4 rings (SSSR count). The van der Waals surface area contributed by atoms with Crippen LogP contribution < -0.4 is 0 Å². The summed E-state index contributed by atoms with van der Waals surface area (Å²) in [6.07, 6.45) is 2.17. The van der Waals surface area contributed by atoms with Gasteiger partial charge >= 0.3 is 12.1 Å². The van der Waals surface area contributed by atoms with E-state index in [1.54, 1.807) is 0 Å². The van der Waals surface area contributed by atoms with E-state index >= 15 is 0 Å². The molecule has 0 aromatic rings. The topological polar surface area (TPSA) is 59.1 Å². The molecule has 1 spiro atoms. The standard InChI is InChI=1S/C19H30N2O4/c1-5-24-16(22)15-13-8-20(9-14(13)15)12-6-19(7-12)10-21(11-19)17(23)25-18(2,3)4/h12-15H,5-11H2,1-4H3. The second kappa shape index (κ2) is 5.60. The smallest absolute Gasteiger partial charge is 0.410 e. The van der Waals surface area contributed by atoms with E-state index < -0.39 is 5.60 Å². The second-order valence-electron chi connectivity index (χ2n) is 9.46. The number of likely N-dealkylation sites (tertiary alicyclic amines) is 2. The van der Waals surface area contributed by atoms with Crippen LogP contribution in [0, 0.1) is 23.2 Å². The van der Waals surface area contributed by atoms with Gasteiger partial charge in [-0.1, -0.05) is 0 Å². The van der Waals surface area contributed by atoms with Gasteiger partial charge in [0.2, 0.25) is 0 Å². The molecular formula is C19H30N2O4. The highest BCUT2D eigenvalue weighted by Gasteiger charge is 2.63. The highest BCUT2D eigenvalue weighted by molar-refractivity contribution is 5.77. The van der Waals surface area contributed by atoms with Crippen LogP contribution in [0.3, 0.4) is 0 Å². The molecule has 0 bridgehead atoms. The summed E-state index contributed by atoms with van der Waals surface area (Å²) in [5.74, 6) is 1.22. The molecule has 2 unspecified atom stereocenters. The zero-order chi connectivity index (χ0) is 18.0. The molecule has 4 fully saturated rings. The van der Waals surface area contributed by atoms with E-state index in [1.807, 2.05) is 32.6 Å². The van der Waals surface area contributed by atoms with Gasteiger partial charge in [-0.3, -0.25) is 9.69 Å². The summed E-state index contributed by atoms with van der Waals surface area (Å²) in [6.45, 7) is 11.8. The molecule has 140 valence electrons. The van der Waals surface area contributed by atoms with Gasteiger partial charge in [-0.05, 0) is 52.4 Å². The molecule has 4 aliphatic rings. The number of esters is 1. The van der Waals surface area contributed by atoms with Gasteiger partial charge in [-0.2, -0.15) is 0 Å². The maximum Gasteiger partial charge on any atom is 0.410 e. The summed E-state index contributed by atoms with van der Waals surface area (Å²) in [5, 5.41) is 0. The Morgan fingerprint density at radius 2 is 1.72 bits per heavy atom. The fourth-order valence-electron chi connectivity index (χ4n) is 5.12. The predicted octanol–water partition coefficient (Wildman–Crippen LogP) is 2.13. The first-order valence-electron chi connectivity index (χ1n) is 9.60. The highest BCUT2D eigenvalue weighted by Crippen LogP contribution is 2.57. The molecule has 2 heterocycles. The fourth-order valence-corrected chi connectivity index (χ4v) is 5.12. The Morgan fingerprint density at radius 1 is 1.12 bits per heavy atom. The molecule has 0 aromatic heterocycles. The Morgan fingerprint density at radius 3 is 2.24 bits per heavy atom. The molecule has 6 heteroatoms. The van der Waals surface area contributed by atoms with Crippen LogP contribution in [-0.4, -0.2) is 66.3 Å². The number of fused-ring (bicyclic) bond motifs is 1. The number of ether oxygens (including phenoxy) is 2. The minimum Gasteiger partial charge on any atom is -0.466 e. The van der Waals surface area contributed by atoms with Crippen molar-refractivity contribution in [3.63, 3.8) is 0 Å². The van der Waals surface area contributed by atoms with Crippen LogP contribution in [0.5, 0.6) is 0 Å². The largest absolute Gasteiger partial charge is 0.466 e. The van der Waals surface area contributed by atoms with Crippen molar-refractivity contribution >= 4 is 12.1 Å². The van der Waals surface area contributed by atoms with Gasteiger partial charge in [0.15, 0.2) is 0 Å². The van der Waals surface area contributed by atoms with Crippen molar-refractivity contribution in [1.82, 2.24) is 9.80 Å². The maximum absolute atomic E-state index is 12.1. The number of rotatable bonds is 3. The Balaban J connectivity index is 1.18. The summed E-state index contributed by atoms with van der Waals surface area (Å²) in [4.78, 5) is 28.3.